The third-order valence-corrected chi connectivity index (χ3v) is 6.23. The summed E-state index contributed by atoms with van der Waals surface area (Å²) in [6, 6.07) is 6.01. The number of benzene rings is 1. The number of rotatable bonds is 6. The van der Waals surface area contributed by atoms with Crippen molar-refractivity contribution in [2.24, 2.45) is 17.8 Å². The number of hydrogen-bond acceptors (Lipinski definition) is 3. The quantitative estimate of drug-likeness (QED) is 0.787. The van der Waals surface area contributed by atoms with Crippen LogP contribution < -0.4 is 10.2 Å². The fourth-order valence-corrected chi connectivity index (χ4v) is 4.64. The number of anilines is 1. The molecule has 0 radical (unpaired) electrons. The number of para-hydroxylation sites is 1. The van der Waals surface area contributed by atoms with Crippen LogP contribution >= 0.6 is 0 Å². The molecule has 3 atom stereocenters. The highest BCUT2D eigenvalue weighted by atomic mass is 16.4. The van der Waals surface area contributed by atoms with Gasteiger partial charge in [-0.3, -0.25) is 14.4 Å². The monoisotopic (exact) mass is 386 g/mol. The van der Waals surface area contributed by atoms with E-state index in [1.807, 2.05) is 25.1 Å². The van der Waals surface area contributed by atoms with Crippen LogP contribution in [0.4, 0.5) is 5.69 Å². The van der Waals surface area contributed by atoms with E-state index in [9.17, 15) is 19.5 Å². The number of carboxylic acids is 1. The van der Waals surface area contributed by atoms with E-state index < -0.39 is 5.97 Å². The van der Waals surface area contributed by atoms with Gasteiger partial charge in [-0.05, 0) is 43.2 Å². The smallest absolute Gasteiger partial charge is 0.306 e. The molecule has 1 heterocycles. The van der Waals surface area contributed by atoms with E-state index in [1.165, 1.54) is 0 Å². The number of carboxylic acid groups (broad SMARTS) is 1. The first-order chi connectivity index (χ1) is 13.4. The van der Waals surface area contributed by atoms with Crippen LogP contribution in [-0.2, 0) is 20.8 Å². The van der Waals surface area contributed by atoms with Crippen molar-refractivity contribution in [3.8, 4) is 0 Å². The normalized spacial score (nSPS) is 25.0. The maximum absolute atomic E-state index is 12.7. The first-order valence-electron chi connectivity index (χ1n) is 10.3. The Bertz CT molecular complexity index is 761. The second-order valence-corrected chi connectivity index (χ2v) is 8.08. The van der Waals surface area contributed by atoms with Crippen molar-refractivity contribution in [2.45, 2.75) is 52.4 Å². The Morgan fingerprint density at radius 1 is 1.25 bits per heavy atom. The van der Waals surface area contributed by atoms with Gasteiger partial charge in [0.05, 0.1) is 11.8 Å². The maximum atomic E-state index is 12.7. The fourth-order valence-electron chi connectivity index (χ4n) is 4.64. The van der Waals surface area contributed by atoms with Gasteiger partial charge in [-0.15, -0.1) is 0 Å². The minimum atomic E-state index is -0.771. The number of nitrogens with zero attached hydrogens (tertiary/aromatic N) is 1. The van der Waals surface area contributed by atoms with E-state index in [0.29, 0.717) is 19.5 Å². The molecule has 1 aromatic rings. The molecule has 1 saturated heterocycles. The average molecular weight is 386 g/mol. The summed E-state index contributed by atoms with van der Waals surface area (Å²) in [4.78, 5) is 38.5. The average Bonchev–Trinajstić information content (AvgIpc) is 3.07. The second kappa shape index (κ2) is 8.76. The number of carbonyl (C=O) groups excluding carboxylic acids is 2. The van der Waals surface area contributed by atoms with Crippen molar-refractivity contribution in [2.75, 3.05) is 18.0 Å². The number of amides is 2. The van der Waals surface area contributed by atoms with E-state index in [2.05, 4.69) is 12.2 Å². The third-order valence-electron chi connectivity index (χ3n) is 6.23. The van der Waals surface area contributed by atoms with Gasteiger partial charge in [0.15, 0.2) is 0 Å². The van der Waals surface area contributed by atoms with E-state index in [4.69, 9.17) is 0 Å². The number of nitrogens with one attached hydrogen (secondary N) is 1. The molecular weight excluding hydrogens is 356 g/mol. The lowest BCUT2D eigenvalue weighted by molar-refractivity contribution is -0.145. The molecule has 2 fully saturated rings. The summed E-state index contributed by atoms with van der Waals surface area (Å²) < 4.78 is 0. The predicted octanol–water partition coefficient (Wildman–Crippen LogP) is 2.92. The van der Waals surface area contributed by atoms with Crippen molar-refractivity contribution in [1.82, 2.24) is 5.32 Å². The zero-order chi connectivity index (χ0) is 20.3. The third kappa shape index (κ3) is 4.21. The number of hydrogen-bond donors (Lipinski definition) is 2. The highest BCUT2D eigenvalue weighted by Gasteiger charge is 2.37. The van der Waals surface area contributed by atoms with Crippen LogP contribution in [0.3, 0.4) is 0 Å². The highest BCUT2D eigenvalue weighted by Crippen LogP contribution is 2.32. The molecule has 1 saturated carbocycles. The summed E-state index contributed by atoms with van der Waals surface area (Å²) in [5.41, 5.74) is 3.09. The first kappa shape index (κ1) is 20.4. The Labute approximate surface area is 166 Å². The molecule has 1 aromatic carbocycles. The van der Waals surface area contributed by atoms with Crippen LogP contribution in [0.25, 0.3) is 0 Å². The second-order valence-electron chi connectivity index (χ2n) is 8.08. The maximum Gasteiger partial charge on any atom is 0.306 e. The summed E-state index contributed by atoms with van der Waals surface area (Å²) in [5.74, 6) is -1.72. The van der Waals surface area contributed by atoms with Gasteiger partial charge in [-0.25, -0.2) is 0 Å². The Morgan fingerprint density at radius 3 is 2.71 bits per heavy atom. The molecule has 1 aliphatic carbocycles. The number of carbonyl (C=O) groups is 3. The predicted molar refractivity (Wildman–Crippen MR) is 107 cm³/mol. The van der Waals surface area contributed by atoms with E-state index in [1.54, 1.807) is 4.90 Å². The van der Waals surface area contributed by atoms with Gasteiger partial charge in [0.1, 0.15) is 0 Å². The van der Waals surface area contributed by atoms with Crippen molar-refractivity contribution < 1.29 is 19.5 Å². The molecule has 2 N–H and O–H groups in total. The molecule has 0 spiro atoms. The lowest BCUT2D eigenvalue weighted by Gasteiger charge is -2.29. The number of aliphatic carboxylic acids is 1. The summed E-state index contributed by atoms with van der Waals surface area (Å²) >= 11 is 0. The van der Waals surface area contributed by atoms with Gasteiger partial charge in [0, 0.05) is 25.2 Å². The summed E-state index contributed by atoms with van der Waals surface area (Å²) in [6.07, 6.45) is 4.48. The molecule has 1 unspecified atom stereocenters. The van der Waals surface area contributed by atoms with Gasteiger partial charge in [-0.1, -0.05) is 38.0 Å². The van der Waals surface area contributed by atoms with Crippen LogP contribution in [0.5, 0.6) is 0 Å². The Balaban J connectivity index is 1.64. The molecule has 2 aliphatic rings. The van der Waals surface area contributed by atoms with Gasteiger partial charge < -0.3 is 15.3 Å². The topological polar surface area (TPSA) is 86.7 Å². The van der Waals surface area contributed by atoms with Crippen molar-refractivity contribution >= 4 is 23.5 Å². The molecule has 6 nitrogen and oxygen atoms in total. The van der Waals surface area contributed by atoms with Crippen LogP contribution in [0.1, 0.15) is 50.2 Å². The zero-order valence-electron chi connectivity index (χ0n) is 16.7. The molecular formula is C22H30N2O4. The first-order valence-corrected chi connectivity index (χ1v) is 10.3. The van der Waals surface area contributed by atoms with E-state index in [-0.39, 0.29) is 36.0 Å². The molecule has 3 rings (SSSR count). The van der Waals surface area contributed by atoms with Crippen LogP contribution in [0, 0.1) is 24.7 Å². The minimum absolute atomic E-state index is 0.0218. The SMILES string of the molecule is CCc1cccc(C)c1N1CC(C(=O)NC[C@@H]2CCCC[C@@H]2C(=O)O)CC1=O. The minimum Gasteiger partial charge on any atom is -0.481 e. The molecule has 6 heteroatoms. The summed E-state index contributed by atoms with van der Waals surface area (Å²) in [6.45, 7) is 4.82. The fraction of sp³-hybridized carbons (Fsp3) is 0.591. The van der Waals surface area contributed by atoms with Crippen molar-refractivity contribution in [1.29, 1.82) is 0 Å². The highest BCUT2D eigenvalue weighted by molar-refractivity contribution is 6.01. The lowest BCUT2D eigenvalue weighted by atomic mass is 9.79. The van der Waals surface area contributed by atoms with E-state index >= 15 is 0 Å². The zero-order valence-corrected chi connectivity index (χ0v) is 16.7. The van der Waals surface area contributed by atoms with Crippen LogP contribution in [-0.4, -0.2) is 36.0 Å². The van der Waals surface area contributed by atoms with Crippen LogP contribution in [0.15, 0.2) is 18.2 Å². The van der Waals surface area contributed by atoms with Gasteiger partial charge in [-0.2, -0.15) is 0 Å². The molecule has 0 aromatic heterocycles. The van der Waals surface area contributed by atoms with Gasteiger partial charge in [0.2, 0.25) is 11.8 Å². The Kier molecular flexibility index (Phi) is 6.37. The Morgan fingerprint density at radius 2 is 2.00 bits per heavy atom. The largest absolute Gasteiger partial charge is 0.481 e. The molecule has 152 valence electrons. The van der Waals surface area contributed by atoms with Gasteiger partial charge >= 0.3 is 5.97 Å². The number of aryl methyl sites for hydroxylation is 2. The molecule has 2 amide bonds. The summed E-state index contributed by atoms with van der Waals surface area (Å²) in [7, 11) is 0. The molecule has 1 aliphatic heterocycles. The summed E-state index contributed by atoms with van der Waals surface area (Å²) in [5, 5.41) is 12.3. The molecule has 0 bridgehead atoms. The lowest BCUT2D eigenvalue weighted by Crippen LogP contribution is -2.40. The Hall–Kier alpha value is -2.37. The standard InChI is InChI=1S/C22H30N2O4/c1-3-15-9-6-7-14(2)20(15)24-13-17(11-19(24)25)21(26)23-12-16-8-4-5-10-18(16)22(27)28/h6-7,9,16-18H,3-5,8,10-13H2,1-2H3,(H,23,26)(H,27,28)/t16-,17?,18-/m0/s1. The molecule has 28 heavy (non-hydrogen) atoms. The van der Waals surface area contributed by atoms with Crippen molar-refractivity contribution in [3.63, 3.8) is 0 Å². The van der Waals surface area contributed by atoms with Gasteiger partial charge in [0.25, 0.3) is 0 Å². The van der Waals surface area contributed by atoms with E-state index in [0.717, 1.165) is 42.5 Å². The van der Waals surface area contributed by atoms with Crippen molar-refractivity contribution in [3.05, 3.63) is 29.3 Å². The van der Waals surface area contributed by atoms with Crippen LogP contribution in [0.2, 0.25) is 0 Å².